The summed E-state index contributed by atoms with van der Waals surface area (Å²) in [6.07, 6.45) is -1.87. The van der Waals surface area contributed by atoms with E-state index in [9.17, 15) is 10.2 Å². The minimum Gasteiger partial charge on any atom is -0.396 e. The third kappa shape index (κ3) is 3.72. The number of hydrogen-bond donors (Lipinski definition) is 3. The Morgan fingerprint density at radius 2 is 2.00 bits per heavy atom. The minimum atomic E-state index is -1.15. The highest BCUT2D eigenvalue weighted by atomic mass is 16.3. The first-order valence-corrected chi connectivity index (χ1v) is 5.26. The largest absolute Gasteiger partial charge is 0.396 e. The summed E-state index contributed by atoms with van der Waals surface area (Å²) in [5.74, 6) is 0. The smallest absolute Gasteiger partial charge is 0.105 e. The Balaban J connectivity index is 2.86. The van der Waals surface area contributed by atoms with Crippen LogP contribution in [0, 0.1) is 0 Å². The molecule has 3 N–H and O–H groups in total. The summed E-state index contributed by atoms with van der Waals surface area (Å²) in [6.45, 7) is -0.221. The summed E-state index contributed by atoms with van der Waals surface area (Å²) in [4.78, 5) is 2.52. The lowest BCUT2D eigenvalue weighted by molar-refractivity contribution is 0.0238. The molecular weight excluding hydrogens is 222 g/mol. The molecule has 0 radical (unpaired) electrons. The first kappa shape index (κ1) is 13.5. The van der Waals surface area contributed by atoms with Gasteiger partial charge in [-0.15, -0.1) is 0 Å². The Bertz CT molecular complexity index is 405. The summed E-state index contributed by atoms with van der Waals surface area (Å²) < 4.78 is 0. The number of nitrogens with zero attached hydrogens (tertiary/aromatic N) is 3. The van der Waals surface area contributed by atoms with Crippen molar-refractivity contribution in [2.24, 2.45) is 5.11 Å². The lowest BCUT2D eigenvalue weighted by Crippen LogP contribution is -2.22. The van der Waals surface area contributed by atoms with E-state index in [1.54, 1.807) is 24.3 Å². The topological polar surface area (TPSA) is 109 Å². The summed E-state index contributed by atoms with van der Waals surface area (Å²) >= 11 is 0. The van der Waals surface area contributed by atoms with Gasteiger partial charge >= 0.3 is 0 Å². The molecule has 0 aromatic heterocycles. The maximum absolute atomic E-state index is 9.91. The molecule has 6 heteroatoms. The first-order chi connectivity index (χ1) is 8.20. The molecule has 92 valence electrons. The number of benzene rings is 1. The molecule has 2 unspecified atom stereocenters. The fourth-order valence-corrected chi connectivity index (χ4v) is 1.60. The molecule has 1 rings (SSSR count). The number of aliphatic hydroxyl groups excluding tert-OH is 3. The molecule has 0 aliphatic carbocycles. The Kier molecular flexibility index (Phi) is 5.45. The van der Waals surface area contributed by atoms with Crippen LogP contribution >= 0.6 is 0 Å². The standard InChI is InChI=1S/C11H15N3O3/c12-14-13-7-10(16)11(17)9-4-2-1-3-8(9)5-6-15/h1-4,10-11,15-17H,5-7H2. The van der Waals surface area contributed by atoms with Gasteiger partial charge in [0.15, 0.2) is 0 Å². The van der Waals surface area contributed by atoms with E-state index in [0.717, 1.165) is 5.56 Å². The van der Waals surface area contributed by atoms with E-state index >= 15 is 0 Å². The van der Waals surface area contributed by atoms with Gasteiger partial charge in [-0.25, -0.2) is 0 Å². The van der Waals surface area contributed by atoms with Crippen LogP contribution in [-0.4, -0.2) is 34.6 Å². The van der Waals surface area contributed by atoms with Crippen molar-refractivity contribution in [2.45, 2.75) is 18.6 Å². The zero-order valence-corrected chi connectivity index (χ0v) is 9.27. The zero-order valence-electron chi connectivity index (χ0n) is 9.27. The van der Waals surface area contributed by atoms with Gasteiger partial charge in [0.2, 0.25) is 0 Å². The number of azide groups is 1. The van der Waals surface area contributed by atoms with Crippen molar-refractivity contribution in [1.29, 1.82) is 0 Å². The molecule has 6 nitrogen and oxygen atoms in total. The Labute approximate surface area is 98.8 Å². The van der Waals surface area contributed by atoms with Gasteiger partial charge in [0.1, 0.15) is 6.10 Å². The maximum Gasteiger partial charge on any atom is 0.105 e. The second kappa shape index (κ2) is 6.88. The fourth-order valence-electron chi connectivity index (χ4n) is 1.60. The van der Waals surface area contributed by atoms with Crippen LogP contribution in [0.4, 0.5) is 0 Å². The molecule has 1 aromatic carbocycles. The normalized spacial score (nSPS) is 13.8. The predicted octanol–water partition coefficient (Wildman–Crippen LogP) is 0.926. The lowest BCUT2D eigenvalue weighted by Gasteiger charge is -2.19. The van der Waals surface area contributed by atoms with Gasteiger partial charge in [-0.3, -0.25) is 0 Å². The predicted molar refractivity (Wildman–Crippen MR) is 62.2 cm³/mol. The van der Waals surface area contributed by atoms with E-state index < -0.39 is 12.2 Å². The summed E-state index contributed by atoms with van der Waals surface area (Å²) in [5, 5.41) is 31.6. The van der Waals surface area contributed by atoms with Gasteiger partial charge in [-0.1, -0.05) is 29.4 Å². The Morgan fingerprint density at radius 3 is 2.65 bits per heavy atom. The summed E-state index contributed by atoms with van der Waals surface area (Å²) in [5.41, 5.74) is 9.45. The van der Waals surface area contributed by atoms with Crippen molar-refractivity contribution in [3.8, 4) is 0 Å². The van der Waals surface area contributed by atoms with Crippen molar-refractivity contribution in [1.82, 2.24) is 0 Å². The van der Waals surface area contributed by atoms with Crippen LogP contribution in [0.1, 0.15) is 17.2 Å². The van der Waals surface area contributed by atoms with Gasteiger partial charge in [0, 0.05) is 11.5 Å². The fraction of sp³-hybridized carbons (Fsp3) is 0.455. The van der Waals surface area contributed by atoms with E-state index in [-0.39, 0.29) is 13.2 Å². The molecular formula is C11H15N3O3. The van der Waals surface area contributed by atoms with Gasteiger partial charge in [0.25, 0.3) is 0 Å². The highest BCUT2D eigenvalue weighted by Gasteiger charge is 2.19. The van der Waals surface area contributed by atoms with E-state index in [2.05, 4.69) is 10.0 Å². The molecule has 0 heterocycles. The van der Waals surface area contributed by atoms with Crippen molar-refractivity contribution < 1.29 is 15.3 Å². The molecule has 0 amide bonds. The maximum atomic E-state index is 9.91. The first-order valence-electron chi connectivity index (χ1n) is 5.26. The molecule has 0 aliphatic heterocycles. The third-order valence-electron chi connectivity index (χ3n) is 2.45. The average Bonchev–Trinajstić information content (AvgIpc) is 2.36. The van der Waals surface area contributed by atoms with E-state index in [4.69, 9.17) is 10.6 Å². The Morgan fingerprint density at radius 1 is 1.29 bits per heavy atom. The SMILES string of the molecule is [N-]=[N+]=NCC(O)C(O)c1ccccc1CCO. The third-order valence-corrected chi connectivity index (χ3v) is 2.45. The number of aliphatic hydroxyl groups is 3. The van der Waals surface area contributed by atoms with Crippen LogP contribution in [0.3, 0.4) is 0 Å². The molecule has 0 bridgehead atoms. The van der Waals surface area contributed by atoms with Crippen LogP contribution in [0.15, 0.2) is 29.4 Å². The lowest BCUT2D eigenvalue weighted by atomic mass is 9.97. The molecule has 1 aromatic rings. The van der Waals surface area contributed by atoms with Gasteiger partial charge in [-0.2, -0.15) is 0 Å². The molecule has 0 spiro atoms. The summed E-state index contributed by atoms with van der Waals surface area (Å²) in [6, 6.07) is 6.98. The second-order valence-corrected chi connectivity index (χ2v) is 3.60. The van der Waals surface area contributed by atoms with E-state index in [1.165, 1.54) is 0 Å². The molecule has 0 saturated heterocycles. The molecule has 0 saturated carbocycles. The highest BCUT2D eigenvalue weighted by Crippen LogP contribution is 2.21. The van der Waals surface area contributed by atoms with Crippen LogP contribution in [-0.2, 0) is 6.42 Å². The van der Waals surface area contributed by atoms with Crippen molar-refractivity contribution >= 4 is 0 Å². The van der Waals surface area contributed by atoms with Crippen LogP contribution in [0.2, 0.25) is 0 Å². The number of hydrogen-bond acceptors (Lipinski definition) is 4. The summed E-state index contributed by atoms with van der Waals surface area (Å²) in [7, 11) is 0. The molecule has 2 atom stereocenters. The monoisotopic (exact) mass is 237 g/mol. The van der Waals surface area contributed by atoms with E-state index in [1.807, 2.05) is 0 Å². The quantitative estimate of drug-likeness (QED) is 0.389. The Hall–Kier alpha value is -1.59. The van der Waals surface area contributed by atoms with Crippen molar-refractivity contribution in [3.05, 3.63) is 45.8 Å². The average molecular weight is 237 g/mol. The molecule has 0 fully saturated rings. The van der Waals surface area contributed by atoms with Crippen molar-refractivity contribution in [2.75, 3.05) is 13.2 Å². The van der Waals surface area contributed by atoms with Crippen LogP contribution in [0.25, 0.3) is 10.4 Å². The second-order valence-electron chi connectivity index (χ2n) is 3.60. The van der Waals surface area contributed by atoms with Crippen LogP contribution < -0.4 is 0 Å². The molecule has 0 aliphatic rings. The number of rotatable bonds is 6. The minimum absolute atomic E-state index is 0.0316. The van der Waals surface area contributed by atoms with Crippen LogP contribution in [0.5, 0.6) is 0 Å². The van der Waals surface area contributed by atoms with Gasteiger partial charge < -0.3 is 15.3 Å². The van der Waals surface area contributed by atoms with Crippen molar-refractivity contribution in [3.63, 3.8) is 0 Å². The molecule has 17 heavy (non-hydrogen) atoms. The van der Waals surface area contributed by atoms with Gasteiger partial charge in [-0.05, 0) is 23.1 Å². The van der Waals surface area contributed by atoms with E-state index in [0.29, 0.717) is 12.0 Å². The zero-order chi connectivity index (χ0) is 12.7. The highest BCUT2D eigenvalue weighted by molar-refractivity contribution is 5.30. The van der Waals surface area contributed by atoms with Gasteiger partial charge in [0.05, 0.1) is 12.6 Å².